The highest BCUT2D eigenvalue weighted by molar-refractivity contribution is 5.90. The van der Waals surface area contributed by atoms with Crippen molar-refractivity contribution in [2.24, 2.45) is 21.7 Å². The van der Waals surface area contributed by atoms with Crippen molar-refractivity contribution in [1.82, 2.24) is 4.90 Å². The maximum Gasteiger partial charge on any atom is 0.303 e. The van der Waals surface area contributed by atoms with Crippen LogP contribution in [0.2, 0.25) is 0 Å². The van der Waals surface area contributed by atoms with Crippen LogP contribution in [0.4, 0.5) is 0 Å². The van der Waals surface area contributed by atoms with Gasteiger partial charge in [0.2, 0.25) is 0 Å². The first-order valence-electron chi connectivity index (χ1n) is 9.28. The van der Waals surface area contributed by atoms with Crippen molar-refractivity contribution < 1.29 is 9.90 Å². The summed E-state index contributed by atoms with van der Waals surface area (Å²) in [6, 6.07) is 0.176. The molecule has 24 heavy (non-hydrogen) atoms. The van der Waals surface area contributed by atoms with Crippen LogP contribution in [0.1, 0.15) is 74.1 Å². The molecule has 0 bridgehead atoms. The minimum atomic E-state index is -0.697. The Hall–Kier alpha value is -1.32. The summed E-state index contributed by atoms with van der Waals surface area (Å²) in [4.78, 5) is 18.6. The molecule has 1 fully saturated rings. The van der Waals surface area contributed by atoms with Gasteiger partial charge in [-0.3, -0.25) is 9.79 Å². The second-order valence-corrected chi connectivity index (χ2v) is 9.15. The van der Waals surface area contributed by atoms with Gasteiger partial charge in [-0.2, -0.15) is 0 Å². The van der Waals surface area contributed by atoms with E-state index in [1.54, 1.807) is 0 Å². The van der Waals surface area contributed by atoms with Gasteiger partial charge in [-0.15, -0.1) is 0 Å². The van der Waals surface area contributed by atoms with E-state index in [-0.39, 0.29) is 29.2 Å². The quantitative estimate of drug-likeness (QED) is 0.792. The molecule has 0 aliphatic carbocycles. The summed E-state index contributed by atoms with van der Waals surface area (Å²) in [6.45, 7) is 16.4. The fraction of sp³-hybridized carbons (Fsp3) is 0.800. The lowest BCUT2D eigenvalue weighted by molar-refractivity contribution is -0.137. The summed E-state index contributed by atoms with van der Waals surface area (Å²) in [5.41, 5.74) is 2.85. The molecule has 2 aliphatic rings. The molecule has 0 aromatic rings. The predicted molar refractivity (Wildman–Crippen MR) is 99.1 cm³/mol. The molecule has 1 saturated heterocycles. The van der Waals surface area contributed by atoms with E-state index in [0.717, 1.165) is 31.6 Å². The normalized spacial score (nSPS) is 25.0. The largest absolute Gasteiger partial charge is 0.481 e. The third kappa shape index (κ3) is 3.68. The van der Waals surface area contributed by atoms with Gasteiger partial charge in [0.1, 0.15) is 5.84 Å². The Morgan fingerprint density at radius 2 is 1.92 bits per heavy atom. The van der Waals surface area contributed by atoms with Gasteiger partial charge in [0.25, 0.3) is 0 Å². The first-order chi connectivity index (χ1) is 11.0. The number of aliphatic carboxylic acids is 1. The lowest BCUT2D eigenvalue weighted by Crippen LogP contribution is -2.43. The van der Waals surface area contributed by atoms with E-state index in [4.69, 9.17) is 4.99 Å². The molecule has 0 unspecified atom stereocenters. The third-order valence-electron chi connectivity index (χ3n) is 5.29. The Kier molecular flexibility index (Phi) is 5.17. The second kappa shape index (κ2) is 6.53. The smallest absolute Gasteiger partial charge is 0.303 e. The van der Waals surface area contributed by atoms with E-state index >= 15 is 0 Å². The van der Waals surface area contributed by atoms with Gasteiger partial charge in [-0.1, -0.05) is 48.0 Å². The molecule has 0 radical (unpaired) electrons. The molecule has 0 saturated carbocycles. The Morgan fingerprint density at radius 3 is 2.42 bits per heavy atom. The van der Waals surface area contributed by atoms with Crippen LogP contribution in [0.15, 0.2) is 16.3 Å². The van der Waals surface area contributed by atoms with Crippen molar-refractivity contribution >= 4 is 11.8 Å². The Labute approximate surface area is 147 Å². The summed E-state index contributed by atoms with van der Waals surface area (Å²) >= 11 is 0. The number of hydrogen-bond acceptors (Lipinski definition) is 3. The molecule has 2 rings (SSSR count). The summed E-state index contributed by atoms with van der Waals surface area (Å²) in [7, 11) is 0. The molecule has 2 heterocycles. The number of nitrogens with zero attached hydrogens (tertiary/aromatic N) is 2. The number of carboxylic acid groups (broad SMARTS) is 1. The molecular weight excluding hydrogens is 300 g/mol. The number of fused-ring (bicyclic) bond motifs is 1. The van der Waals surface area contributed by atoms with Crippen LogP contribution in [0.5, 0.6) is 0 Å². The van der Waals surface area contributed by atoms with Crippen LogP contribution >= 0.6 is 0 Å². The number of carbonyl (C=O) groups is 1. The highest BCUT2D eigenvalue weighted by atomic mass is 16.4. The highest BCUT2D eigenvalue weighted by Crippen LogP contribution is 2.46. The molecule has 136 valence electrons. The molecule has 0 aromatic carbocycles. The van der Waals surface area contributed by atoms with Crippen LogP contribution in [-0.2, 0) is 4.79 Å². The molecule has 0 aromatic heterocycles. The third-order valence-corrected chi connectivity index (χ3v) is 5.29. The number of rotatable bonds is 5. The average molecular weight is 335 g/mol. The van der Waals surface area contributed by atoms with E-state index in [9.17, 15) is 9.90 Å². The van der Waals surface area contributed by atoms with Crippen molar-refractivity contribution in [2.75, 3.05) is 6.54 Å². The summed E-state index contributed by atoms with van der Waals surface area (Å²) in [5.74, 6) is 0.605. The van der Waals surface area contributed by atoms with Crippen molar-refractivity contribution in [1.29, 1.82) is 0 Å². The van der Waals surface area contributed by atoms with E-state index in [2.05, 4.69) is 53.4 Å². The van der Waals surface area contributed by atoms with Gasteiger partial charge in [-0.25, -0.2) is 0 Å². The van der Waals surface area contributed by atoms with E-state index in [0.29, 0.717) is 0 Å². The second-order valence-electron chi connectivity index (χ2n) is 9.15. The zero-order valence-corrected chi connectivity index (χ0v) is 16.4. The lowest BCUT2D eigenvalue weighted by Gasteiger charge is -2.42. The number of carboxylic acids is 1. The minimum Gasteiger partial charge on any atom is -0.481 e. The SMILES string of the molecule is CCCC(C)(C)C1=C2C[C@@H](CC(=O)O)CN2C(C(C)(C)C)=N[C@H]1C. The van der Waals surface area contributed by atoms with Crippen LogP contribution in [0.3, 0.4) is 0 Å². The molecule has 0 amide bonds. The summed E-state index contributed by atoms with van der Waals surface area (Å²) in [5, 5.41) is 9.23. The Bertz CT molecular complexity index is 567. The molecular formula is C20H34N2O2. The summed E-state index contributed by atoms with van der Waals surface area (Å²) in [6.07, 6.45) is 3.39. The monoisotopic (exact) mass is 334 g/mol. The van der Waals surface area contributed by atoms with Crippen molar-refractivity contribution in [3.8, 4) is 0 Å². The standard InChI is InChI=1S/C20H34N2O2/c1-8-9-20(6,7)17-13(2)21-18(19(3,4)5)22-12-14(10-15(17)22)11-16(23)24/h13-14H,8-12H2,1-7H3,(H,23,24)/t13-,14-/m0/s1. The fourth-order valence-corrected chi connectivity index (χ4v) is 4.54. The van der Waals surface area contributed by atoms with Crippen LogP contribution in [-0.4, -0.2) is 34.4 Å². The average Bonchev–Trinajstić information content (AvgIpc) is 2.77. The molecule has 2 aliphatic heterocycles. The van der Waals surface area contributed by atoms with Crippen molar-refractivity contribution in [2.45, 2.75) is 80.2 Å². The zero-order chi connectivity index (χ0) is 18.3. The maximum atomic E-state index is 11.2. The molecule has 2 atom stereocenters. The fourth-order valence-electron chi connectivity index (χ4n) is 4.54. The topological polar surface area (TPSA) is 52.9 Å². The van der Waals surface area contributed by atoms with Gasteiger partial charge in [0.15, 0.2) is 0 Å². The highest BCUT2D eigenvalue weighted by Gasteiger charge is 2.43. The maximum absolute atomic E-state index is 11.2. The first-order valence-corrected chi connectivity index (χ1v) is 9.28. The van der Waals surface area contributed by atoms with Gasteiger partial charge in [-0.05, 0) is 36.7 Å². The van der Waals surface area contributed by atoms with Gasteiger partial charge >= 0.3 is 5.97 Å². The van der Waals surface area contributed by atoms with Crippen LogP contribution < -0.4 is 0 Å². The predicted octanol–water partition coefficient (Wildman–Crippen LogP) is 4.71. The number of hydrogen-bond donors (Lipinski definition) is 1. The number of allylic oxidation sites excluding steroid dienone is 1. The first kappa shape index (κ1) is 19.0. The molecule has 0 spiro atoms. The van der Waals surface area contributed by atoms with Gasteiger partial charge < -0.3 is 10.0 Å². The van der Waals surface area contributed by atoms with Crippen LogP contribution in [0.25, 0.3) is 0 Å². The van der Waals surface area contributed by atoms with E-state index < -0.39 is 5.97 Å². The van der Waals surface area contributed by atoms with E-state index in [1.807, 2.05) is 0 Å². The van der Waals surface area contributed by atoms with Crippen molar-refractivity contribution in [3.05, 3.63) is 11.3 Å². The number of amidine groups is 1. The number of aliphatic imine (C=N–C) groups is 1. The van der Waals surface area contributed by atoms with Crippen molar-refractivity contribution in [3.63, 3.8) is 0 Å². The Balaban J connectivity index is 2.48. The van der Waals surface area contributed by atoms with E-state index in [1.165, 1.54) is 11.3 Å². The van der Waals surface area contributed by atoms with Gasteiger partial charge in [0.05, 0.1) is 12.5 Å². The molecule has 1 N–H and O–H groups in total. The molecule has 4 heteroatoms. The van der Waals surface area contributed by atoms with Gasteiger partial charge in [0, 0.05) is 17.7 Å². The minimum absolute atomic E-state index is 0.0297. The molecule has 4 nitrogen and oxygen atoms in total. The lowest BCUT2D eigenvalue weighted by atomic mass is 9.74. The zero-order valence-electron chi connectivity index (χ0n) is 16.4. The Morgan fingerprint density at radius 1 is 1.29 bits per heavy atom. The van der Waals surface area contributed by atoms with Crippen LogP contribution in [0, 0.1) is 16.7 Å². The summed E-state index contributed by atoms with van der Waals surface area (Å²) < 4.78 is 0.